The molecule has 0 aliphatic carbocycles. The average Bonchev–Trinajstić information content (AvgIpc) is 2.84. The van der Waals surface area contributed by atoms with Crippen molar-refractivity contribution in [3.8, 4) is 0 Å². The Morgan fingerprint density at radius 3 is 2.70 bits per heavy atom. The van der Waals surface area contributed by atoms with Crippen molar-refractivity contribution in [2.45, 2.75) is 13.5 Å². The lowest BCUT2D eigenvalue weighted by Crippen LogP contribution is -2.02. The highest BCUT2D eigenvalue weighted by molar-refractivity contribution is 9.10. The summed E-state index contributed by atoms with van der Waals surface area (Å²) in [5.74, 6) is -0.0842. The molecule has 2 N–H and O–H groups in total. The fourth-order valence-corrected chi connectivity index (χ4v) is 3.92. The second kappa shape index (κ2) is 6.39. The molecule has 0 fully saturated rings. The van der Waals surface area contributed by atoms with Crippen LogP contribution in [0.3, 0.4) is 0 Å². The van der Waals surface area contributed by atoms with Crippen LogP contribution in [0.2, 0.25) is 0 Å². The van der Waals surface area contributed by atoms with E-state index in [-0.39, 0.29) is 5.78 Å². The quantitative estimate of drug-likeness (QED) is 0.673. The third-order valence-corrected chi connectivity index (χ3v) is 5.15. The highest BCUT2D eigenvalue weighted by Gasteiger charge is 2.21. The summed E-state index contributed by atoms with van der Waals surface area (Å²) in [5.41, 5.74) is 9.20. The molecule has 0 amide bonds. The Balaban J connectivity index is 2.15. The van der Waals surface area contributed by atoms with Crippen LogP contribution in [0.4, 0.5) is 5.69 Å². The third-order valence-electron chi connectivity index (χ3n) is 3.52. The lowest BCUT2D eigenvalue weighted by atomic mass is 10.1. The van der Waals surface area contributed by atoms with E-state index < -0.39 is 0 Å². The molecule has 1 aromatic carbocycles. The molecule has 0 unspecified atom stereocenters. The predicted octanol–water partition coefficient (Wildman–Crippen LogP) is 4.33. The second-order valence-corrected chi connectivity index (χ2v) is 7.13. The minimum atomic E-state index is -0.0842. The molecule has 3 aromatic rings. The van der Waals surface area contributed by atoms with Gasteiger partial charge in [0.2, 0.25) is 5.78 Å². The maximum absolute atomic E-state index is 12.8. The van der Waals surface area contributed by atoms with Crippen LogP contribution in [0.15, 0.2) is 34.8 Å². The number of fused-ring (bicyclic) bond motifs is 1. The van der Waals surface area contributed by atoms with Gasteiger partial charge in [-0.25, -0.2) is 4.98 Å². The van der Waals surface area contributed by atoms with Crippen molar-refractivity contribution in [1.29, 1.82) is 0 Å². The Bertz CT molecular complexity index is 888. The van der Waals surface area contributed by atoms with Gasteiger partial charge in [0.15, 0.2) is 0 Å². The number of aryl methyl sites for hydroxylation is 1. The standard InChI is InChI=1S/C17H15BrN2O2S/c1-9-7-11(8-22-2)13-14(19)16(23-17(13)20-9)15(21)10-3-5-12(18)6-4-10/h3-7H,8,19H2,1-2H3. The Morgan fingerprint density at radius 1 is 1.35 bits per heavy atom. The number of aromatic nitrogens is 1. The number of nitrogens with two attached hydrogens (primary N) is 1. The van der Waals surface area contributed by atoms with Crippen molar-refractivity contribution in [3.05, 3.63) is 56.5 Å². The zero-order valence-corrected chi connectivity index (χ0v) is 15.1. The first kappa shape index (κ1) is 16.1. The smallest absolute Gasteiger partial charge is 0.205 e. The Morgan fingerprint density at radius 2 is 2.04 bits per heavy atom. The second-order valence-electron chi connectivity index (χ2n) is 5.22. The largest absolute Gasteiger partial charge is 0.397 e. The van der Waals surface area contributed by atoms with E-state index in [2.05, 4.69) is 20.9 Å². The molecule has 0 atom stereocenters. The van der Waals surface area contributed by atoms with Crippen LogP contribution in [0, 0.1) is 6.92 Å². The summed E-state index contributed by atoms with van der Waals surface area (Å²) in [4.78, 5) is 18.6. The molecular formula is C17H15BrN2O2S. The first-order chi connectivity index (χ1) is 11.0. The van der Waals surface area contributed by atoms with Crippen LogP contribution < -0.4 is 5.73 Å². The van der Waals surface area contributed by atoms with Gasteiger partial charge in [0.25, 0.3) is 0 Å². The summed E-state index contributed by atoms with van der Waals surface area (Å²) in [5, 5.41) is 0.822. The van der Waals surface area contributed by atoms with Gasteiger partial charge in [-0.05, 0) is 42.8 Å². The lowest BCUT2D eigenvalue weighted by molar-refractivity contribution is 0.104. The van der Waals surface area contributed by atoms with E-state index in [9.17, 15) is 4.79 Å². The normalized spacial score (nSPS) is 11.1. The number of pyridine rings is 1. The molecule has 0 saturated carbocycles. The van der Waals surface area contributed by atoms with Crippen LogP contribution in [0.5, 0.6) is 0 Å². The molecule has 0 aliphatic rings. The number of thiophene rings is 1. The number of hydrogen-bond donors (Lipinski definition) is 1. The van der Waals surface area contributed by atoms with Crippen molar-refractivity contribution in [2.24, 2.45) is 0 Å². The Labute approximate surface area is 146 Å². The van der Waals surface area contributed by atoms with Crippen LogP contribution in [-0.4, -0.2) is 17.9 Å². The van der Waals surface area contributed by atoms with Gasteiger partial charge in [-0.1, -0.05) is 15.9 Å². The number of methoxy groups -OCH3 is 1. The van der Waals surface area contributed by atoms with E-state index in [1.54, 1.807) is 19.2 Å². The molecular weight excluding hydrogens is 376 g/mol. The first-order valence-electron chi connectivity index (χ1n) is 6.99. The number of ketones is 1. The predicted molar refractivity (Wildman–Crippen MR) is 97.1 cm³/mol. The van der Waals surface area contributed by atoms with Gasteiger partial charge in [-0.3, -0.25) is 4.79 Å². The summed E-state index contributed by atoms with van der Waals surface area (Å²) in [6, 6.07) is 9.20. The number of ether oxygens (including phenoxy) is 1. The summed E-state index contributed by atoms with van der Waals surface area (Å²) in [6.45, 7) is 2.36. The van der Waals surface area contributed by atoms with E-state index >= 15 is 0 Å². The highest BCUT2D eigenvalue weighted by Crippen LogP contribution is 2.36. The molecule has 0 radical (unpaired) electrons. The SMILES string of the molecule is COCc1cc(C)nc2sc(C(=O)c3ccc(Br)cc3)c(N)c12. The van der Waals surface area contributed by atoms with Gasteiger partial charge >= 0.3 is 0 Å². The van der Waals surface area contributed by atoms with Gasteiger partial charge in [-0.2, -0.15) is 0 Å². The van der Waals surface area contributed by atoms with Gasteiger partial charge < -0.3 is 10.5 Å². The molecule has 0 spiro atoms. The maximum Gasteiger partial charge on any atom is 0.205 e. The minimum absolute atomic E-state index is 0.0842. The Hall–Kier alpha value is -1.76. The van der Waals surface area contributed by atoms with Gasteiger partial charge in [-0.15, -0.1) is 11.3 Å². The van der Waals surface area contributed by atoms with Crippen molar-refractivity contribution in [3.63, 3.8) is 0 Å². The zero-order valence-electron chi connectivity index (χ0n) is 12.7. The monoisotopic (exact) mass is 390 g/mol. The van der Waals surface area contributed by atoms with Crippen LogP contribution >= 0.6 is 27.3 Å². The third kappa shape index (κ3) is 3.02. The van der Waals surface area contributed by atoms with Gasteiger partial charge in [0.1, 0.15) is 9.71 Å². The van der Waals surface area contributed by atoms with E-state index in [1.165, 1.54) is 11.3 Å². The summed E-state index contributed by atoms with van der Waals surface area (Å²) in [7, 11) is 1.64. The number of rotatable bonds is 4. The minimum Gasteiger partial charge on any atom is -0.397 e. The van der Waals surface area contributed by atoms with Gasteiger partial charge in [0, 0.05) is 28.2 Å². The zero-order chi connectivity index (χ0) is 16.6. The number of halogens is 1. The molecule has 4 nitrogen and oxygen atoms in total. The molecule has 23 heavy (non-hydrogen) atoms. The van der Waals surface area contributed by atoms with Crippen LogP contribution in [0.25, 0.3) is 10.2 Å². The average molecular weight is 391 g/mol. The fraction of sp³-hybridized carbons (Fsp3) is 0.176. The molecule has 6 heteroatoms. The number of nitrogen functional groups attached to an aromatic ring is 1. The maximum atomic E-state index is 12.8. The summed E-state index contributed by atoms with van der Waals surface area (Å²) in [6.07, 6.45) is 0. The van der Waals surface area contributed by atoms with Crippen LogP contribution in [-0.2, 0) is 11.3 Å². The van der Waals surface area contributed by atoms with E-state index in [1.807, 2.05) is 25.1 Å². The van der Waals surface area contributed by atoms with E-state index in [4.69, 9.17) is 10.5 Å². The van der Waals surface area contributed by atoms with Crippen molar-refractivity contribution in [1.82, 2.24) is 4.98 Å². The molecule has 0 aliphatic heterocycles. The number of nitrogens with zero attached hydrogens (tertiary/aromatic N) is 1. The molecule has 2 heterocycles. The van der Waals surface area contributed by atoms with Crippen molar-refractivity contribution in [2.75, 3.05) is 12.8 Å². The molecule has 118 valence electrons. The molecule has 0 saturated heterocycles. The van der Waals surface area contributed by atoms with E-state index in [0.717, 1.165) is 25.9 Å². The fourth-order valence-electron chi connectivity index (χ4n) is 2.51. The topological polar surface area (TPSA) is 65.2 Å². The summed E-state index contributed by atoms with van der Waals surface area (Å²) < 4.78 is 6.17. The number of carbonyl (C=O) groups is 1. The lowest BCUT2D eigenvalue weighted by Gasteiger charge is -2.05. The first-order valence-corrected chi connectivity index (χ1v) is 8.60. The number of carbonyl (C=O) groups excluding carboxylic acids is 1. The number of benzene rings is 1. The number of anilines is 1. The highest BCUT2D eigenvalue weighted by atomic mass is 79.9. The van der Waals surface area contributed by atoms with E-state index in [0.29, 0.717) is 22.7 Å². The van der Waals surface area contributed by atoms with Crippen molar-refractivity contribution >= 4 is 49.0 Å². The van der Waals surface area contributed by atoms with Crippen LogP contribution in [0.1, 0.15) is 26.5 Å². The Kier molecular flexibility index (Phi) is 4.48. The summed E-state index contributed by atoms with van der Waals surface area (Å²) >= 11 is 4.70. The molecule has 0 bridgehead atoms. The number of hydrogen-bond acceptors (Lipinski definition) is 5. The molecule has 3 rings (SSSR count). The molecule has 2 aromatic heterocycles. The van der Waals surface area contributed by atoms with Gasteiger partial charge in [0.05, 0.1) is 12.3 Å². The van der Waals surface area contributed by atoms with Crippen molar-refractivity contribution < 1.29 is 9.53 Å².